The van der Waals surface area contributed by atoms with Crippen LogP contribution < -0.4 is 4.90 Å². The lowest BCUT2D eigenvalue weighted by atomic mass is 10.1. The molecule has 5 rings (SSSR count). The van der Waals surface area contributed by atoms with E-state index in [1.165, 1.54) is 0 Å². The summed E-state index contributed by atoms with van der Waals surface area (Å²) in [5.74, 6) is 0.729. The van der Waals surface area contributed by atoms with E-state index in [0.29, 0.717) is 0 Å². The average molecular weight is 378 g/mol. The summed E-state index contributed by atoms with van der Waals surface area (Å²) in [6.45, 7) is 3.61. The molecule has 0 unspecified atom stereocenters. The summed E-state index contributed by atoms with van der Waals surface area (Å²) in [5, 5.41) is 26.2. The Hall–Kier alpha value is -3.20. The van der Waals surface area contributed by atoms with Crippen LogP contribution in [0.4, 0.5) is 5.69 Å². The maximum Gasteiger partial charge on any atom is 0.179 e. The SMILES string of the molecule is Cc1nc(-c2ccn[nH]2)n2nc(-c3ccnn3C)cc(N3CCC(O)CC3)c12. The largest absolute Gasteiger partial charge is 0.393 e. The van der Waals surface area contributed by atoms with E-state index in [1.807, 2.05) is 35.3 Å². The van der Waals surface area contributed by atoms with E-state index in [0.717, 1.165) is 65.7 Å². The van der Waals surface area contributed by atoms with E-state index >= 15 is 0 Å². The van der Waals surface area contributed by atoms with Crippen LogP contribution in [-0.4, -0.2) is 58.9 Å². The molecular formula is C19H22N8O. The first-order valence-electron chi connectivity index (χ1n) is 9.43. The molecule has 2 N–H and O–H groups in total. The first-order valence-corrected chi connectivity index (χ1v) is 9.43. The van der Waals surface area contributed by atoms with E-state index in [-0.39, 0.29) is 6.10 Å². The minimum atomic E-state index is -0.225. The number of H-pyrrole nitrogens is 1. The van der Waals surface area contributed by atoms with Gasteiger partial charge in [0, 0.05) is 32.5 Å². The van der Waals surface area contributed by atoms with Gasteiger partial charge in [0.05, 0.1) is 23.2 Å². The van der Waals surface area contributed by atoms with Crippen molar-refractivity contribution in [2.24, 2.45) is 7.05 Å². The van der Waals surface area contributed by atoms with Crippen LogP contribution in [0.15, 0.2) is 30.6 Å². The molecule has 0 aromatic carbocycles. The standard InChI is InChI=1S/C19H22N8O/c1-12-18-17(26-9-5-13(28)6-10-26)11-15(16-4-8-21-25(16)2)24-27(18)19(22-12)14-3-7-20-23-14/h3-4,7-8,11,13,28H,5-6,9-10H2,1-2H3,(H,20,23). The minimum absolute atomic E-state index is 0.225. The van der Waals surface area contributed by atoms with Gasteiger partial charge in [-0.1, -0.05) is 0 Å². The lowest BCUT2D eigenvalue weighted by Gasteiger charge is -2.32. The van der Waals surface area contributed by atoms with Crippen molar-refractivity contribution in [3.8, 4) is 22.9 Å². The predicted octanol–water partition coefficient (Wildman–Crippen LogP) is 1.79. The summed E-state index contributed by atoms with van der Waals surface area (Å²) in [7, 11) is 1.91. The monoisotopic (exact) mass is 378 g/mol. The number of imidazole rings is 1. The molecule has 0 radical (unpaired) electrons. The molecule has 0 atom stereocenters. The first kappa shape index (κ1) is 16.9. The average Bonchev–Trinajstić information content (AvgIpc) is 3.42. The highest BCUT2D eigenvalue weighted by Crippen LogP contribution is 2.33. The van der Waals surface area contributed by atoms with Crippen LogP contribution in [0.1, 0.15) is 18.5 Å². The number of anilines is 1. The van der Waals surface area contributed by atoms with Crippen molar-refractivity contribution in [1.29, 1.82) is 0 Å². The third kappa shape index (κ3) is 2.66. The van der Waals surface area contributed by atoms with Crippen LogP contribution >= 0.6 is 0 Å². The van der Waals surface area contributed by atoms with E-state index in [9.17, 15) is 5.11 Å². The van der Waals surface area contributed by atoms with Gasteiger partial charge in [0.2, 0.25) is 0 Å². The number of aliphatic hydroxyl groups excluding tert-OH is 1. The number of hydrogen-bond acceptors (Lipinski definition) is 6. The second kappa shape index (κ2) is 6.45. The normalized spacial score (nSPS) is 15.6. The molecule has 9 nitrogen and oxygen atoms in total. The highest BCUT2D eigenvalue weighted by Gasteiger charge is 2.24. The molecular weight excluding hydrogens is 356 g/mol. The highest BCUT2D eigenvalue weighted by atomic mass is 16.3. The van der Waals surface area contributed by atoms with Crippen LogP contribution in [0.25, 0.3) is 28.4 Å². The molecule has 5 heterocycles. The molecule has 1 fully saturated rings. The number of aromatic nitrogens is 7. The van der Waals surface area contributed by atoms with Crippen LogP contribution in [0.2, 0.25) is 0 Å². The summed E-state index contributed by atoms with van der Waals surface area (Å²) in [6, 6.07) is 5.95. The van der Waals surface area contributed by atoms with Crippen molar-refractivity contribution in [2.75, 3.05) is 18.0 Å². The number of rotatable bonds is 3. The zero-order valence-corrected chi connectivity index (χ0v) is 15.9. The maximum atomic E-state index is 9.93. The van der Waals surface area contributed by atoms with Gasteiger partial charge >= 0.3 is 0 Å². The molecule has 0 saturated carbocycles. The molecule has 144 valence electrons. The fourth-order valence-electron chi connectivity index (χ4n) is 3.90. The minimum Gasteiger partial charge on any atom is -0.393 e. The molecule has 1 aliphatic rings. The Kier molecular flexibility index (Phi) is 3.90. The number of hydrogen-bond donors (Lipinski definition) is 2. The van der Waals surface area contributed by atoms with Gasteiger partial charge in [-0.05, 0) is 38.0 Å². The van der Waals surface area contributed by atoms with Gasteiger partial charge in [0.15, 0.2) is 5.82 Å². The number of fused-ring (bicyclic) bond motifs is 1. The number of aryl methyl sites for hydroxylation is 2. The van der Waals surface area contributed by atoms with E-state index in [1.54, 1.807) is 12.4 Å². The van der Waals surface area contributed by atoms with Gasteiger partial charge in [-0.25, -0.2) is 9.50 Å². The van der Waals surface area contributed by atoms with Crippen molar-refractivity contribution in [3.05, 3.63) is 36.3 Å². The lowest BCUT2D eigenvalue weighted by Crippen LogP contribution is -2.36. The molecule has 1 aliphatic heterocycles. The molecule has 4 aromatic heterocycles. The molecule has 1 saturated heterocycles. The van der Waals surface area contributed by atoms with Crippen molar-refractivity contribution in [2.45, 2.75) is 25.9 Å². The topological polar surface area (TPSA) is 100 Å². The van der Waals surface area contributed by atoms with Crippen LogP contribution in [-0.2, 0) is 7.05 Å². The zero-order chi connectivity index (χ0) is 19.3. The smallest absolute Gasteiger partial charge is 0.179 e. The molecule has 9 heteroatoms. The van der Waals surface area contributed by atoms with Gasteiger partial charge in [-0.3, -0.25) is 9.78 Å². The summed E-state index contributed by atoms with van der Waals surface area (Å²) in [6.07, 6.45) is 4.78. The Labute approximate surface area is 161 Å². The summed E-state index contributed by atoms with van der Waals surface area (Å²) >= 11 is 0. The van der Waals surface area contributed by atoms with Gasteiger partial charge < -0.3 is 10.0 Å². The fraction of sp³-hybridized carbons (Fsp3) is 0.368. The second-order valence-electron chi connectivity index (χ2n) is 7.22. The Bertz CT molecular complexity index is 1120. The second-order valence-corrected chi connectivity index (χ2v) is 7.22. The number of piperidine rings is 1. The number of aliphatic hydroxyl groups is 1. The Balaban J connectivity index is 1.76. The first-order chi connectivity index (χ1) is 13.6. The molecule has 0 amide bonds. The number of nitrogens with one attached hydrogen (secondary N) is 1. The molecule has 28 heavy (non-hydrogen) atoms. The molecule has 4 aromatic rings. The Morgan fingerprint density at radius 2 is 2.00 bits per heavy atom. The van der Waals surface area contributed by atoms with Crippen LogP contribution in [0, 0.1) is 6.92 Å². The third-order valence-electron chi connectivity index (χ3n) is 5.38. The van der Waals surface area contributed by atoms with E-state index in [4.69, 9.17) is 10.1 Å². The van der Waals surface area contributed by atoms with Gasteiger partial charge in [-0.2, -0.15) is 15.3 Å². The van der Waals surface area contributed by atoms with Gasteiger partial charge in [0.1, 0.15) is 16.9 Å². The van der Waals surface area contributed by atoms with Crippen LogP contribution in [0.5, 0.6) is 0 Å². The Morgan fingerprint density at radius 1 is 1.18 bits per heavy atom. The summed E-state index contributed by atoms with van der Waals surface area (Å²) in [5.41, 5.74) is 5.54. The molecule has 0 bridgehead atoms. The third-order valence-corrected chi connectivity index (χ3v) is 5.38. The van der Waals surface area contributed by atoms with Gasteiger partial charge in [-0.15, -0.1) is 0 Å². The van der Waals surface area contributed by atoms with Gasteiger partial charge in [0.25, 0.3) is 0 Å². The maximum absolute atomic E-state index is 9.93. The molecule has 0 aliphatic carbocycles. The predicted molar refractivity (Wildman–Crippen MR) is 105 cm³/mol. The van der Waals surface area contributed by atoms with Crippen molar-refractivity contribution < 1.29 is 5.11 Å². The van der Waals surface area contributed by atoms with Crippen molar-refractivity contribution in [3.63, 3.8) is 0 Å². The quantitative estimate of drug-likeness (QED) is 0.564. The number of aromatic amines is 1. The van der Waals surface area contributed by atoms with E-state index < -0.39 is 0 Å². The van der Waals surface area contributed by atoms with Crippen molar-refractivity contribution >= 4 is 11.2 Å². The lowest BCUT2D eigenvalue weighted by molar-refractivity contribution is 0.145. The fourth-order valence-corrected chi connectivity index (χ4v) is 3.90. The Morgan fingerprint density at radius 3 is 2.68 bits per heavy atom. The van der Waals surface area contributed by atoms with Crippen LogP contribution in [0.3, 0.4) is 0 Å². The molecule has 0 spiro atoms. The van der Waals surface area contributed by atoms with E-state index in [2.05, 4.69) is 26.3 Å². The summed E-state index contributed by atoms with van der Waals surface area (Å²) < 4.78 is 3.71. The summed E-state index contributed by atoms with van der Waals surface area (Å²) in [4.78, 5) is 7.09. The zero-order valence-electron chi connectivity index (χ0n) is 15.9. The van der Waals surface area contributed by atoms with Crippen molar-refractivity contribution in [1.82, 2.24) is 34.6 Å². The number of nitrogens with zero attached hydrogens (tertiary/aromatic N) is 7. The highest BCUT2D eigenvalue weighted by molar-refractivity contribution is 5.81.